The van der Waals surface area contributed by atoms with Crippen LogP contribution in [0.2, 0.25) is 0 Å². The number of benzene rings is 1. The summed E-state index contributed by atoms with van der Waals surface area (Å²) in [4.78, 5) is 26.3. The number of methoxy groups -OCH3 is 1. The Kier molecular flexibility index (Phi) is 7.27. The van der Waals surface area contributed by atoms with E-state index in [1.165, 1.54) is 4.57 Å². The number of hydrogen-bond donors (Lipinski definition) is 0. The van der Waals surface area contributed by atoms with Crippen LogP contribution in [0.3, 0.4) is 0 Å². The van der Waals surface area contributed by atoms with Crippen molar-refractivity contribution in [1.29, 1.82) is 0 Å². The van der Waals surface area contributed by atoms with Crippen LogP contribution in [0.15, 0.2) is 24.4 Å². The number of aromatic nitrogens is 1. The molecule has 0 radical (unpaired) electrons. The Hall–Kier alpha value is -2.39. The number of carbonyl (C=O) groups is 2. The van der Waals surface area contributed by atoms with E-state index in [0.29, 0.717) is 11.3 Å². The van der Waals surface area contributed by atoms with Crippen molar-refractivity contribution in [2.45, 2.75) is 18.9 Å². The van der Waals surface area contributed by atoms with Gasteiger partial charge in [-0.25, -0.2) is 9.59 Å². The van der Waals surface area contributed by atoms with E-state index in [1.807, 2.05) is 26.2 Å². The zero-order valence-corrected chi connectivity index (χ0v) is 17.7. The summed E-state index contributed by atoms with van der Waals surface area (Å²) in [7, 11) is 5.59. The molecule has 2 heterocycles. The lowest BCUT2D eigenvalue weighted by molar-refractivity contribution is -0.0253. The lowest BCUT2D eigenvalue weighted by Crippen LogP contribution is -2.21. The fraction of sp³-hybridized carbons (Fsp3) is 0.500. The van der Waals surface area contributed by atoms with Crippen molar-refractivity contribution in [2.75, 3.05) is 46.0 Å². The van der Waals surface area contributed by atoms with Gasteiger partial charge < -0.3 is 23.8 Å². The Morgan fingerprint density at radius 3 is 2.79 bits per heavy atom. The van der Waals surface area contributed by atoms with Crippen LogP contribution >= 0.6 is 11.8 Å². The quantitative estimate of drug-likeness (QED) is 0.496. The summed E-state index contributed by atoms with van der Waals surface area (Å²) in [5, 5.41) is 0.919. The van der Waals surface area contributed by atoms with E-state index in [4.69, 9.17) is 18.9 Å². The van der Waals surface area contributed by atoms with Gasteiger partial charge in [-0.3, -0.25) is 4.57 Å². The van der Waals surface area contributed by atoms with Crippen molar-refractivity contribution in [3.8, 4) is 5.75 Å². The third-order valence-electron chi connectivity index (χ3n) is 4.63. The van der Waals surface area contributed by atoms with E-state index in [2.05, 4.69) is 4.90 Å². The average Bonchev–Trinajstić information content (AvgIpc) is 3.33. The number of hydrogen-bond acceptors (Lipinski definition) is 8. The number of carbonyl (C=O) groups excluding carboxylic acids is 2. The third kappa shape index (κ3) is 5.57. The number of rotatable bonds is 7. The highest BCUT2D eigenvalue weighted by molar-refractivity contribution is 7.99. The van der Waals surface area contributed by atoms with Crippen molar-refractivity contribution in [2.24, 2.45) is 0 Å². The first-order valence-corrected chi connectivity index (χ1v) is 10.5. The summed E-state index contributed by atoms with van der Waals surface area (Å²) in [5.74, 6) is 2.45. The number of thioether (sulfide) groups is 1. The zero-order valence-electron chi connectivity index (χ0n) is 16.9. The molecule has 0 N–H and O–H groups in total. The van der Waals surface area contributed by atoms with Crippen LogP contribution in [-0.4, -0.2) is 73.9 Å². The second kappa shape index (κ2) is 9.89. The largest absolute Gasteiger partial charge is 0.511 e. The molecule has 29 heavy (non-hydrogen) atoms. The Bertz CT molecular complexity index is 860. The van der Waals surface area contributed by atoms with Gasteiger partial charge in [-0.2, -0.15) is 11.8 Å². The Balaban J connectivity index is 1.65. The monoisotopic (exact) mass is 422 g/mol. The van der Waals surface area contributed by atoms with Crippen LogP contribution in [0.4, 0.5) is 9.59 Å². The van der Waals surface area contributed by atoms with Crippen molar-refractivity contribution >= 4 is 34.9 Å². The van der Waals surface area contributed by atoms with Crippen LogP contribution in [-0.2, 0) is 20.6 Å². The van der Waals surface area contributed by atoms with Crippen molar-refractivity contribution in [3.63, 3.8) is 0 Å². The third-order valence-corrected chi connectivity index (χ3v) is 5.76. The Morgan fingerprint density at radius 1 is 1.28 bits per heavy atom. The van der Waals surface area contributed by atoms with Gasteiger partial charge in [-0.1, -0.05) is 0 Å². The molecule has 1 aliphatic rings. The summed E-state index contributed by atoms with van der Waals surface area (Å²) in [5.41, 5.74) is 1.71. The second-order valence-corrected chi connectivity index (χ2v) is 8.14. The highest BCUT2D eigenvalue weighted by Gasteiger charge is 2.21. The van der Waals surface area contributed by atoms with Crippen LogP contribution in [0.25, 0.3) is 10.9 Å². The lowest BCUT2D eigenvalue weighted by atomic mass is 10.1. The molecule has 158 valence electrons. The van der Waals surface area contributed by atoms with E-state index >= 15 is 0 Å². The first-order chi connectivity index (χ1) is 14.0. The SMILES string of the molecule is COc1ccc2c(c1)c(CCN(C)C)cn2C(=O)OCOC(=O)OC1CCSC1. The van der Waals surface area contributed by atoms with E-state index in [0.717, 1.165) is 41.8 Å². The average molecular weight is 423 g/mol. The molecule has 1 fully saturated rings. The van der Waals surface area contributed by atoms with E-state index in [1.54, 1.807) is 31.1 Å². The molecule has 8 nitrogen and oxygen atoms in total. The van der Waals surface area contributed by atoms with E-state index in [9.17, 15) is 9.59 Å². The molecule has 1 saturated heterocycles. The maximum absolute atomic E-state index is 12.6. The highest BCUT2D eigenvalue weighted by atomic mass is 32.2. The van der Waals surface area contributed by atoms with Gasteiger partial charge in [0.05, 0.1) is 12.6 Å². The van der Waals surface area contributed by atoms with Crippen molar-refractivity contribution in [3.05, 3.63) is 30.0 Å². The molecular weight excluding hydrogens is 396 g/mol. The summed E-state index contributed by atoms with van der Waals surface area (Å²) in [6.07, 6.45) is 1.75. The fourth-order valence-electron chi connectivity index (χ4n) is 3.07. The predicted octanol–water partition coefficient (Wildman–Crippen LogP) is 3.35. The molecule has 0 spiro atoms. The molecular formula is C20H26N2O6S. The molecule has 1 aromatic heterocycles. The van der Waals surface area contributed by atoms with Crippen molar-refractivity contribution < 1.29 is 28.5 Å². The minimum atomic E-state index is -0.820. The maximum atomic E-state index is 12.6. The molecule has 0 amide bonds. The van der Waals surface area contributed by atoms with Gasteiger partial charge in [0, 0.05) is 23.9 Å². The molecule has 1 atom stereocenters. The number of likely N-dealkylation sites (N-methyl/N-ethyl adjacent to an activating group) is 1. The van der Waals surface area contributed by atoms with E-state index in [-0.39, 0.29) is 6.10 Å². The van der Waals surface area contributed by atoms with Crippen LogP contribution in [0.1, 0.15) is 12.0 Å². The molecule has 0 bridgehead atoms. The first-order valence-electron chi connectivity index (χ1n) is 9.39. The highest BCUT2D eigenvalue weighted by Crippen LogP contribution is 2.27. The topological polar surface area (TPSA) is 79.2 Å². The summed E-state index contributed by atoms with van der Waals surface area (Å²) in [6, 6.07) is 5.49. The minimum absolute atomic E-state index is 0.133. The molecule has 2 aromatic rings. The molecule has 1 aliphatic heterocycles. The lowest BCUT2D eigenvalue weighted by Gasteiger charge is -2.11. The van der Waals surface area contributed by atoms with Gasteiger partial charge in [-0.15, -0.1) is 0 Å². The molecule has 1 aromatic carbocycles. The fourth-order valence-corrected chi connectivity index (χ4v) is 4.17. The smallest absolute Gasteiger partial charge is 0.497 e. The Morgan fingerprint density at radius 2 is 2.10 bits per heavy atom. The van der Waals surface area contributed by atoms with E-state index < -0.39 is 19.0 Å². The summed E-state index contributed by atoms with van der Waals surface area (Å²) < 4.78 is 21.9. The van der Waals surface area contributed by atoms with Gasteiger partial charge in [0.2, 0.25) is 6.79 Å². The molecule has 3 rings (SSSR count). The second-order valence-electron chi connectivity index (χ2n) is 6.99. The van der Waals surface area contributed by atoms with Gasteiger partial charge in [0.15, 0.2) is 0 Å². The van der Waals surface area contributed by atoms with Crippen LogP contribution < -0.4 is 4.74 Å². The Labute approximate surface area is 174 Å². The molecule has 0 saturated carbocycles. The standard InChI is InChI=1S/C20H26N2O6S/c1-21(2)8-6-14-11-22(18-5-4-15(25-3)10-17(14)18)19(23)26-13-27-20(24)28-16-7-9-29-12-16/h4-5,10-11,16H,6-9,12-13H2,1-3H3. The minimum Gasteiger partial charge on any atom is -0.497 e. The van der Waals surface area contributed by atoms with Gasteiger partial charge in [0.1, 0.15) is 11.9 Å². The van der Waals surface area contributed by atoms with Gasteiger partial charge >= 0.3 is 12.2 Å². The van der Waals surface area contributed by atoms with Crippen LogP contribution in [0, 0.1) is 0 Å². The molecule has 1 unspecified atom stereocenters. The zero-order chi connectivity index (χ0) is 20.8. The maximum Gasteiger partial charge on any atom is 0.511 e. The molecule has 0 aliphatic carbocycles. The van der Waals surface area contributed by atoms with Gasteiger partial charge in [-0.05, 0) is 56.5 Å². The first kappa shape index (κ1) is 21.3. The molecule has 9 heteroatoms. The predicted molar refractivity (Wildman–Crippen MR) is 111 cm³/mol. The number of nitrogens with zero attached hydrogens (tertiary/aromatic N) is 2. The number of ether oxygens (including phenoxy) is 4. The van der Waals surface area contributed by atoms with Crippen LogP contribution in [0.5, 0.6) is 5.75 Å². The van der Waals surface area contributed by atoms with Crippen molar-refractivity contribution in [1.82, 2.24) is 9.47 Å². The summed E-state index contributed by atoms with van der Waals surface area (Å²) in [6.45, 7) is 0.333. The summed E-state index contributed by atoms with van der Waals surface area (Å²) >= 11 is 1.73. The normalized spacial score (nSPS) is 16.2. The number of fused-ring (bicyclic) bond motifs is 1. The van der Waals surface area contributed by atoms with Gasteiger partial charge in [0.25, 0.3) is 0 Å².